The molecule has 0 aromatic carbocycles. The summed E-state index contributed by atoms with van der Waals surface area (Å²) in [5.74, 6) is 0.838. The van der Waals surface area contributed by atoms with E-state index in [9.17, 15) is 13.2 Å². The molecule has 1 fully saturated rings. The fourth-order valence-electron chi connectivity index (χ4n) is 1.84. The molecule has 1 aliphatic rings. The van der Waals surface area contributed by atoms with Gasteiger partial charge in [0, 0.05) is 4.75 Å². The third kappa shape index (κ3) is 2.31. The zero-order chi connectivity index (χ0) is 10.1. The molecule has 1 aliphatic heterocycles. The van der Waals surface area contributed by atoms with Gasteiger partial charge in [-0.1, -0.05) is 0 Å². The molecule has 78 valence electrons. The Labute approximate surface area is 80.5 Å². The first-order valence-corrected chi connectivity index (χ1v) is 5.26. The van der Waals surface area contributed by atoms with Gasteiger partial charge in [0.05, 0.1) is 0 Å². The van der Waals surface area contributed by atoms with Crippen molar-refractivity contribution in [2.45, 2.75) is 36.7 Å². The van der Waals surface area contributed by atoms with Crippen molar-refractivity contribution in [3.8, 4) is 0 Å². The first-order chi connectivity index (χ1) is 5.90. The molecule has 0 aliphatic carbocycles. The summed E-state index contributed by atoms with van der Waals surface area (Å²) in [5, 5.41) is 2.38. The summed E-state index contributed by atoms with van der Waals surface area (Å²) in [4.78, 5) is 0. The Kier molecular flexibility index (Phi) is 3.17. The van der Waals surface area contributed by atoms with Crippen LogP contribution in [0.2, 0.25) is 0 Å². The molecule has 1 rings (SSSR count). The van der Waals surface area contributed by atoms with E-state index in [-0.39, 0.29) is 0 Å². The molecule has 5 heteroatoms. The minimum atomic E-state index is -4.14. The third-order valence-electron chi connectivity index (χ3n) is 2.48. The lowest BCUT2D eigenvalue weighted by Crippen LogP contribution is -2.53. The first-order valence-electron chi connectivity index (χ1n) is 4.28. The van der Waals surface area contributed by atoms with Gasteiger partial charge in [-0.2, -0.15) is 24.9 Å². The van der Waals surface area contributed by atoms with Gasteiger partial charge < -0.3 is 5.32 Å². The molecule has 2 unspecified atom stereocenters. The van der Waals surface area contributed by atoms with E-state index in [1.54, 1.807) is 6.92 Å². The summed E-state index contributed by atoms with van der Waals surface area (Å²) >= 11 is 1.42. The van der Waals surface area contributed by atoms with Crippen molar-refractivity contribution in [3.63, 3.8) is 0 Å². The Hall–Kier alpha value is 0.100. The smallest absolute Gasteiger partial charge is 0.308 e. The Morgan fingerprint density at radius 1 is 1.46 bits per heavy atom. The van der Waals surface area contributed by atoms with Crippen LogP contribution in [0.15, 0.2) is 0 Å². The van der Waals surface area contributed by atoms with Gasteiger partial charge in [-0.05, 0) is 32.6 Å². The monoisotopic (exact) mass is 213 g/mol. The minimum absolute atomic E-state index is 0.642. The molecule has 2 atom stereocenters. The molecule has 1 heterocycles. The molecule has 1 N–H and O–H groups in total. The normalized spacial score (nSPS) is 32.1. The van der Waals surface area contributed by atoms with E-state index in [2.05, 4.69) is 5.32 Å². The lowest BCUT2D eigenvalue weighted by Gasteiger charge is -2.34. The lowest BCUT2D eigenvalue weighted by atomic mass is 9.96. The van der Waals surface area contributed by atoms with Crippen molar-refractivity contribution >= 4 is 11.8 Å². The summed E-state index contributed by atoms with van der Waals surface area (Å²) < 4.78 is 37.0. The molecule has 1 saturated heterocycles. The van der Waals surface area contributed by atoms with Gasteiger partial charge in [-0.25, -0.2) is 0 Å². The quantitative estimate of drug-likeness (QED) is 0.756. The van der Waals surface area contributed by atoms with Gasteiger partial charge in [0.2, 0.25) is 0 Å². The number of thioether (sulfide) groups is 1. The Morgan fingerprint density at radius 2 is 2.08 bits per heavy atom. The lowest BCUT2D eigenvalue weighted by molar-refractivity contribution is -0.161. The van der Waals surface area contributed by atoms with E-state index in [0.29, 0.717) is 6.42 Å². The second-order valence-electron chi connectivity index (χ2n) is 3.53. The van der Waals surface area contributed by atoms with Crippen molar-refractivity contribution in [1.29, 1.82) is 0 Å². The number of rotatable bonds is 2. The largest absolute Gasteiger partial charge is 0.405 e. The zero-order valence-corrected chi connectivity index (χ0v) is 8.56. The fourth-order valence-corrected chi connectivity index (χ4v) is 3.31. The molecular weight excluding hydrogens is 199 g/mol. The van der Waals surface area contributed by atoms with Crippen LogP contribution in [0.5, 0.6) is 0 Å². The number of alkyl halides is 3. The standard InChI is InChI=1S/C8H14F3NS/c1-7(4-3-5-13-7)6(12-2)8(9,10)11/h6,12H,3-5H2,1-2H3. The summed E-state index contributed by atoms with van der Waals surface area (Å²) in [6.07, 6.45) is -2.61. The van der Waals surface area contributed by atoms with Crippen LogP contribution in [0.3, 0.4) is 0 Å². The number of hydrogen-bond acceptors (Lipinski definition) is 2. The van der Waals surface area contributed by atoms with Crippen LogP contribution < -0.4 is 5.32 Å². The van der Waals surface area contributed by atoms with Crippen molar-refractivity contribution in [2.75, 3.05) is 12.8 Å². The van der Waals surface area contributed by atoms with E-state index in [1.165, 1.54) is 18.8 Å². The van der Waals surface area contributed by atoms with Crippen LogP contribution in [-0.4, -0.2) is 29.8 Å². The van der Waals surface area contributed by atoms with Crippen LogP contribution >= 0.6 is 11.8 Å². The van der Waals surface area contributed by atoms with Crippen LogP contribution in [0, 0.1) is 0 Å². The van der Waals surface area contributed by atoms with Gasteiger partial charge >= 0.3 is 6.18 Å². The number of hydrogen-bond donors (Lipinski definition) is 1. The first kappa shape index (κ1) is 11.2. The Bertz CT molecular complexity index is 175. The molecule has 0 spiro atoms. The van der Waals surface area contributed by atoms with Gasteiger partial charge in [0.15, 0.2) is 0 Å². The number of halogens is 3. The van der Waals surface area contributed by atoms with Gasteiger partial charge in [0.25, 0.3) is 0 Å². The van der Waals surface area contributed by atoms with Crippen LogP contribution in [0.4, 0.5) is 13.2 Å². The molecule has 0 saturated carbocycles. The van der Waals surface area contributed by atoms with E-state index < -0.39 is 17.0 Å². The average molecular weight is 213 g/mol. The highest BCUT2D eigenvalue weighted by atomic mass is 32.2. The topological polar surface area (TPSA) is 12.0 Å². The molecular formula is C8H14F3NS. The Balaban J connectivity index is 2.76. The van der Waals surface area contributed by atoms with E-state index in [0.717, 1.165) is 12.2 Å². The highest BCUT2D eigenvalue weighted by molar-refractivity contribution is 8.00. The second-order valence-corrected chi connectivity index (χ2v) is 5.16. The van der Waals surface area contributed by atoms with Gasteiger partial charge in [-0.3, -0.25) is 0 Å². The minimum Gasteiger partial charge on any atom is -0.308 e. The van der Waals surface area contributed by atoms with E-state index in [4.69, 9.17) is 0 Å². The number of nitrogens with one attached hydrogen (secondary N) is 1. The van der Waals surface area contributed by atoms with Crippen molar-refractivity contribution in [1.82, 2.24) is 5.32 Å². The van der Waals surface area contributed by atoms with E-state index >= 15 is 0 Å². The maximum Gasteiger partial charge on any atom is 0.405 e. The molecule has 0 amide bonds. The summed E-state index contributed by atoms with van der Waals surface area (Å²) in [6, 6.07) is -1.38. The van der Waals surface area contributed by atoms with Gasteiger partial charge in [0.1, 0.15) is 6.04 Å². The second kappa shape index (κ2) is 3.69. The average Bonchev–Trinajstić information content (AvgIpc) is 2.34. The maximum absolute atomic E-state index is 12.5. The third-order valence-corrected chi connectivity index (χ3v) is 4.07. The summed E-state index contributed by atoms with van der Waals surface area (Å²) in [7, 11) is 1.38. The molecule has 13 heavy (non-hydrogen) atoms. The zero-order valence-electron chi connectivity index (χ0n) is 7.74. The molecule has 1 nitrogen and oxygen atoms in total. The predicted octanol–water partition coefficient (Wildman–Crippen LogP) is 2.42. The maximum atomic E-state index is 12.5. The van der Waals surface area contributed by atoms with Crippen LogP contribution in [0.25, 0.3) is 0 Å². The highest BCUT2D eigenvalue weighted by Crippen LogP contribution is 2.45. The fraction of sp³-hybridized carbons (Fsp3) is 1.00. The summed E-state index contributed by atoms with van der Waals surface area (Å²) in [6.45, 7) is 1.69. The van der Waals surface area contributed by atoms with Crippen molar-refractivity contribution in [2.24, 2.45) is 0 Å². The van der Waals surface area contributed by atoms with E-state index in [1.807, 2.05) is 0 Å². The van der Waals surface area contributed by atoms with Gasteiger partial charge in [-0.15, -0.1) is 0 Å². The Morgan fingerprint density at radius 3 is 2.38 bits per heavy atom. The van der Waals surface area contributed by atoms with Crippen molar-refractivity contribution in [3.05, 3.63) is 0 Å². The molecule has 0 aromatic heterocycles. The highest BCUT2D eigenvalue weighted by Gasteiger charge is 2.51. The van der Waals surface area contributed by atoms with Crippen molar-refractivity contribution < 1.29 is 13.2 Å². The summed E-state index contributed by atoms with van der Waals surface area (Å²) in [5.41, 5.74) is 0. The molecule has 0 radical (unpaired) electrons. The van der Waals surface area contributed by atoms with Crippen LogP contribution in [-0.2, 0) is 0 Å². The van der Waals surface area contributed by atoms with Crippen LogP contribution in [0.1, 0.15) is 19.8 Å². The molecule has 0 aromatic rings. The SMILES string of the molecule is CNC(C(F)(F)F)C1(C)CCCS1. The predicted molar refractivity (Wildman–Crippen MR) is 49.0 cm³/mol. The molecule has 0 bridgehead atoms.